The summed E-state index contributed by atoms with van der Waals surface area (Å²) in [5, 5.41) is 0. The Morgan fingerprint density at radius 2 is 0.833 bits per heavy atom. The third-order valence-electron chi connectivity index (χ3n) is 0.408. The lowest BCUT2D eigenvalue weighted by molar-refractivity contribution is 0.162. The van der Waals surface area contributed by atoms with E-state index in [1.807, 2.05) is 13.8 Å². The van der Waals surface area contributed by atoms with E-state index in [0.29, 0.717) is 0 Å². The average Bonchev–Trinajstić information content (AvgIpc) is 1.80. The summed E-state index contributed by atoms with van der Waals surface area (Å²) in [5.74, 6) is 0. The van der Waals surface area contributed by atoms with E-state index >= 15 is 0 Å². The molecule has 120 valence electrons. The van der Waals surface area contributed by atoms with Crippen LogP contribution in [0.15, 0.2) is 0 Å². The van der Waals surface area contributed by atoms with Crippen LogP contribution in [0.1, 0.15) is 13.8 Å². The Labute approximate surface area is 103 Å². The van der Waals surface area contributed by atoms with Gasteiger partial charge in [-0.25, -0.2) is 9.13 Å². The quantitative estimate of drug-likeness (QED) is 0.277. The van der Waals surface area contributed by atoms with Crippen molar-refractivity contribution in [3.63, 3.8) is 0 Å². The lowest BCUT2D eigenvalue weighted by atomic mass is 10.8. The minimum Gasteiger partial charge on any atom is -0.412 e. The van der Waals surface area contributed by atoms with Crippen LogP contribution in [0, 0.1) is 0 Å². The maximum absolute atomic E-state index is 8.88. The van der Waals surface area contributed by atoms with Gasteiger partial charge in [0.2, 0.25) is 0 Å². The first-order chi connectivity index (χ1) is 6.41. The highest BCUT2D eigenvalue weighted by molar-refractivity contribution is 7.45. The van der Waals surface area contributed by atoms with Crippen LogP contribution in [0.5, 0.6) is 0 Å². The van der Waals surface area contributed by atoms with Crippen molar-refractivity contribution < 1.29 is 59.7 Å². The van der Waals surface area contributed by atoms with Crippen molar-refractivity contribution in [1.82, 2.24) is 0 Å². The first-order valence-corrected chi connectivity index (χ1v) is 6.69. The lowest BCUT2D eigenvalue weighted by Gasteiger charge is -1.86. The summed E-state index contributed by atoms with van der Waals surface area (Å²) in [7, 11) is -9.28. The molecule has 0 spiro atoms. The van der Waals surface area contributed by atoms with Gasteiger partial charge in [0.15, 0.2) is 0 Å². The Balaban J connectivity index is -0.0000000277. The maximum atomic E-state index is 8.88. The highest BCUT2D eigenvalue weighted by Gasteiger charge is 2.00. The first kappa shape index (κ1) is 36.1. The highest BCUT2D eigenvalue weighted by atomic mass is 31.2. The molecule has 18 heavy (non-hydrogen) atoms. The van der Waals surface area contributed by atoms with Crippen molar-refractivity contribution in [1.29, 1.82) is 0 Å². The second kappa shape index (κ2) is 19.4. The normalized spacial score (nSPS) is 8.89. The Hall–Kier alpha value is 0.0600. The number of phosphoric acid groups is 2. The molecule has 0 bridgehead atoms. The average molecular weight is 324 g/mol. The lowest BCUT2D eigenvalue weighted by Crippen LogP contribution is -1.84. The van der Waals surface area contributed by atoms with Gasteiger partial charge in [-0.1, -0.05) is 0 Å². The van der Waals surface area contributed by atoms with Gasteiger partial charge >= 0.3 is 15.6 Å². The minimum absolute atomic E-state index is 0. The van der Waals surface area contributed by atoms with Gasteiger partial charge in [-0.05, 0) is 13.8 Å². The molecule has 0 fully saturated rings. The van der Waals surface area contributed by atoms with Gasteiger partial charge in [0.1, 0.15) is 0 Å². The summed E-state index contributed by atoms with van der Waals surface area (Å²) in [4.78, 5) is 43.1. The summed E-state index contributed by atoms with van der Waals surface area (Å²) >= 11 is 0. The van der Waals surface area contributed by atoms with Crippen LogP contribution in [0.4, 0.5) is 0 Å². The third-order valence-corrected chi connectivity index (χ3v) is 0.408. The van der Waals surface area contributed by atoms with E-state index in [-0.39, 0.29) is 16.4 Å². The second-order valence-electron chi connectivity index (χ2n) is 1.81. The smallest absolute Gasteiger partial charge is 0.412 e. The Kier molecular flexibility index (Phi) is 39.0. The molecule has 0 aromatic heterocycles. The van der Waals surface area contributed by atoms with Crippen molar-refractivity contribution in [2.45, 2.75) is 13.8 Å². The van der Waals surface area contributed by atoms with E-state index in [1.165, 1.54) is 0 Å². The molecule has 0 aliphatic rings. The zero-order valence-electron chi connectivity index (χ0n) is 9.72. The summed E-state index contributed by atoms with van der Waals surface area (Å²) < 4.78 is 22.6. The molecule has 0 radical (unpaired) electrons. The molecule has 0 aromatic rings. The van der Waals surface area contributed by atoms with Gasteiger partial charge in [-0.15, -0.1) is 0 Å². The Morgan fingerprint density at radius 1 is 0.722 bits per heavy atom. The number of ether oxygens (including phenoxy) is 1. The molecular formula is C4H22O12P2. The predicted octanol–water partition coefficient (Wildman–Crippen LogP) is -3.29. The Morgan fingerprint density at radius 3 is 0.833 bits per heavy atom. The van der Waals surface area contributed by atoms with E-state index in [9.17, 15) is 0 Å². The minimum atomic E-state index is -4.64. The van der Waals surface area contributed by atoms with Crippen LogP contribution in [-0.4, -0.2) is 59.0 Å². The van der Waals surface area contributed by atoms with Crippen molar-refractivity contribution in [2.75, 3.05) is 13.2 Å². The van der Waals surface area contributed by atoms with E-state index in [4.69, 9.17) is 43.2 Å². The largest absolute Gasteiger partial charge is 0.466 e. The van der Waals surface area contributed by atoms with E-state index < -0.39 is 15.6 Å². The van der Waals surface area contributed by atoms with Crippen LogP contribution in [0.2, 0.25) is 0 Å². The van der Waals surface area contributed by atoms with E-state index in [1.54, 1.807) is 0 Å². The standard InChI is InChI=1S/C4H10O.2H3O4P.3H2O/c1-3-5-4-2;2*1-5(2,3)4;;;/h3-4H2,1-2H3;2*(H3,1,2,3,4);3*1H2. The summed E-state index contributed by atoms with van der Waals surface area (Å²) in [6, 6.07) is 0. The van der Waals surface area contributed by atoms with Crippen LogP contribution in [-0.2, 0) is 13.9 Å². The Bertz CT molecular complexity index is 168. The molecule has 12 N–H and O–H groups in total. The maximum Gasteiger partial charge on any atom is 0.466 e. The van der Waals surface area contributed by atoms with E-state index in [0.717, 1.165) is 13.2 Å². The fourth-order valence-electron chi connectivity index (χ4n) is 0.204. The molecule has 0 rings (SSSR count). The van der Waals surface area contributed by atoms with Crippen LogP contribution >= 0.6 is 15.6 Å². The first-order valence-electron chi connectivity index (χ1n) is 3.56. The van der Waals surface area contributed by atoms with Gasteiger partial charge in [0.25, 0.3) is 0 Å². The monoisotopic (exact) mass is 324 g/mol. The summed E-state index contributed by atoms with van der Waals surface area (Å²) in [5.41, 5.74) is 0. The van der Waals surface area contributed by atoms with Gasteiger partial charge in [0.05, 0.1) is 0 Å². The zero-order valence-corrected chi connectivity index (χ0v) is 11.5. The van der Waals surface area contributed by atoms with Gasteiger partial charge < -0.3 is 50.5 Å². The van der Waals surface area contributed by atoms with Crippen molar-refractivity contribution in [3.8, 4) is 0 Å². The molecule has 0 aliphatic carbocycles. The molecular weight excluding hydrogens is 302 g/mol. The number of hydrogen-bond donors (Lipinski definition) is 6. The molecule has 0 saturated heterocycles. The zero-order chi connectivity index (χ0) is 13.1. The van der Waals surface area contributed by atoms with Crippen molar-refractivity contribution in [3.05, 3.63) is 0 Å². The topological polar surface area (TPSA) is 259 Å². The fourth-order valence-corrected chi connectivity index (χ4v) is 0.204. The van der Waals surface area contributed by atoms with Gasteiger partial charge in [-0.3, -0.25) is 0 Å². The molecule has 14 heteroatoms. The fraction of sp³-hybridized carbons (Fsp3) is 1.00. The van der Waals surface area contributed by atoms with Crippen LogP contribution < -0.4 is 0 Å². The van der Waals surface area contributed by atoms with Crippen molar-refractivity contribution >= 4 is 15.6 Å². The molecule has 0 aromatic carbocycles. The van der Waals surface area contributed by atoms with E-state index in [2.05, 4.69) is 0 Å². The molecule has 0 aliphatic heterocycles. The van der Waals surface area contributed by atoms with Crippen LogP contribution in [0.3, 0.4) is 0 Å². The number of hydrogen-bond acceptors (Lipinski definition) is 3. The molecule has 0 saturated carbocycles. The summed E-state index contributed by atoms with van der Waals surface area (Å²) in [6.45, 7) is 5.67. The van der Waals surface area contributed by atoms with Gasteiger partial charge in [-0.2, -0.15) is 0 Å². The van der Waals surface area contributed by atoms with Gasteiger partial charge in [0, 0.05) is 13.2 Å². The second-order valence-corrected chi connectivity index (χ2v) is 3.86. The number of rotatable bonds is 2. The van der Waals surface area contributed by atoms with Crippen molar-refractivity contribution in [2.24, 2.45) is 0 Å². The molecule has 12 nitrogen and oxygen atoms in total. The predicted molar refractivity (Wildman–Crippen MR) is 61.5 cm³/mol. The molecule has 0 atom stereocenters. The summed E-state index contributed by atoms with van der Waals surface area (Å²) in [6.07, 6.45) is 0. The SMILES string of the molecule is CCOCC.O.O.O.O=P(O)(O)O.O=P(O)(O)O. The highest BCUT2D eigenvalue weighted by Crippen LogP contribution is 2.26. The molecule has 0 unspecified atom stereocenters. The molecule has 0 heterocycles. The molecule has 0 amide bonds. The van der Waals surface area contributed by atoms with Crippen LogP contribution in [0.25, 0.3) is 0 Å². The third kappa shape index (κ3) is 858.